The number of rotatable bonds is 5. The summed E-state index contributed by atoms with van der Waals surface area (Å²) in [5.74, 6) is 1.11. The summed E-state index contributed by atoms with van der Waals surface area (Å²) in [6, 6.07) is 18.8. The highest BCUT2D eigenvalue weighted by Gasteiger charge is 2.16. The Morgan fingerprint density at radius 3 is 2.30 bits per heavy atom. The van der Waals surface area contributed by atoms with E-state index < -0.39 is 0 Å². The molecule has 5 rings (SSSR count). The minimum atomic E-state index is 0.493. The average Bonchev–Trinajstić information content (AvgIpc) is 3.36. The van der Waals surface area contributed by atoms with Crippen LogP contribution in [-0.4, -0.2) is 43.1 Å². The van der Waals surface area contributed by atoms with Gasteiger partial charge in [0, 0.05) is 30.1 Å². The molecule has 4 aromatic rings. The van der Waals surface area contributed by atoms with Gasteiger partial charge in [-0.15, -0.1) is 10.2 Å². The molecule has 0 spiro atoms. The average molecular weight is 396 g/mol. The number of benzene rings is 2. The fraction of sp³-hybridized carbons (Fsp3) is 0.250. The summed E-state index contributed by atoms with van der Waals surface area (Å²) in [5, 5.41) is 8.83. The van der Waals surface area contributed by atoms with E-state index in [0.29, 0.717) is 11.6 Å². The quantitative estimate of drug-likeness (QED) is 0.535. The second-order valence-electron chi connectivity index (χ2n) is 7.67. The molecule has 0 saturated carbocycles. The Morgan fingerprint density at radius 2 is 1.57 bits per heavy atom. The fourth-order valence-electron chi connectivity index (χ4n) is 3.95. The van der Waals surface area contributed by atoms with E-state index in [9.17, 15) is 0 Å². The molecule has 1 aliphatic rings. The van der Waals surface area contributed by atoms with Crippen molar-refractivity contribution in [2.45, 2.75) is 25.8 Å². The predicted octanol–water partition coefficient (Wildman–Crippen LogP) is 4.58. The summed E-state index contributed by atoms with van der Waals surface area (Å²) in [6.07, 6.45) is 7.43. The summed E-state index contributed by atoms with van der Waals surface area (Å²) in [7, 11) is 0. The van der Waals surface area contributed by atoms with Crippen LogP contribution >= 0.6 is 0 Å². The van der Waals surface area contributed by atoms with E-state index in [1.807, 2.05) is 30.3 Å². The summed E-state index contributed by atoms with van der Waals surface area (Å²) in [4.78, 5) is 14.7. The third-order valence-corrected chi connectivity index (χ3v) is 5.53. The molecule has 1 fully saturated rings. The van der Waals surface area contributed by atoms with Gasteiger partial charge in [-0.1, -0.05) is 61.0 Å². The van der Waals surface area contributed by atoms with Gasteiger partial charge in [0.25, 0.3) is 0 Å². The van der Waals surface area contributed by atoms with Gasteiger partial charge < -0.3 is 4.98 Å². The van der Waals surface area contributed by atoms with Crippen molar-refractivity contribution in [1.82, 2.24) is 30.0 Å². The number of nitrogens with zero attached hydrogens (tertiary/aromatic N) is 5. The summed E-state index contributed by atoms with van der Waals surface area (Å²) < 4.78 is 0. The second kappa shape index (κ2) is 8.55. The molecule has 1 saturated heterocycles. The molecule has 0 unspecified atom stereocenters. The molecule has 0 atom stereocenters. The number of H-pyrrole nitrogens is 1. The first kappa shape index (κ1) is 18.6. The molecule has 0 aliphatic carbocycles. The lowest BCUT2D eigenvalue weighted by Crippen LogP contribution is -2.29. The first-order valence-corrected chi connectivity index (χ1v) is 10.5. The van der Waals surface area contributed by atoms with Crippen molar-refractivity contribution in [3.8, 4) is 34.2 Å². The van der Waals surface area contributed by atoms with Gasteiger partial charge in [0.1, 0.15) is 11.4 Å². The highest BCUT2D eigenvalue weighted by atomic mass is 15.2. The van der Waals surface area contributed by atoms with E-state index >= 15 is 0 Å². The van der Waals surface area contributed by atoms with Crippen LogP contribution in [-0.2, 0) is 6.54 Å². The van der Waals surface area contributed by atoms with Crippen LogP contribution in [0.25, 0.3) is 34.2 Å². The van der Waals surface area contributed by atoms with Gasteiger partial charge in [-0.05, 0) is 31.5 Å². The molecule has 6 nitrogen and oxygen atoms in total. The van der Waals surface area contributed by atoms with Gasteiger partial charge in [-0.2, -0.15) is 0 Å². The molecule has 0 radical (unpaired) electrons. The maximum Gasteiger partial charge on any atom is 0.218 e. The molecule has 150 valence electrons. The molecule has 2 aromatic carbocycles. The Labute approximate surface area is 176 Å². The van der Waals surface area contributed by atoms with Crippen molar-refractivity contribution >= 4 is 0 Å². The Morgan fingerprint density at radius 1 is 0.800 bits per heavy atom. The summed E-state index contributed by atoms with van der Waals surface area (Å²) in [5.41, 5.74) is 4.94. The Hall–Kier alpha value is -3.38. The molecule has 0 amide bonds. The normalized spacial score (nSPS) is 14.7. The monoisotopic (exact) mass is 396 g/mol. The van der Waals surface area contributed by atoms with Gasteiger partial charge in [-0.25, -0.2) is 9.97 Å². The van der Waals surface area contributed by atoms with E-state index in [4.69, 9.17) is 4.98 Å². The number of piperidine rings is 1. The Bertz CT molecular complexity index is 1080. The van der Waals surface area contributed by atoms with E-state index in [2.05, 4.69) is 49.3 Å². The van der Waals surface area contributed by atoms with Gasteiger partial charge in [0.15, 0.2) is 5.82 Å². The van der Waals surface area contributed by atoms with Crippen LogP contribution in [0.5, 0.6) is 0 Å². The van der Waals surface area contributed by atoms with E-state index in [0.717, 1.165) is 29.1 Å². The largest absolute Gasteiger partial charge is 0.342 e. The molecular weight excluding hydrogens is 372 g/mol. The number of hydrogen-bond acceptors (Lipinski definition) is 5. The lowest BCUT2D eigenvalue weighted by Gasteiger charge is -2.26. The smallest absolute Gasteiger partial charge is 0.218 e. The second-order valence-corrected chi connectivity index (χ2v) is 7.67. The number of nitrogens with one attached hydrogen (secondary N) is 1. The molecule has 3 heterocycles. The van der Waals surface area contributed by atoms with Crippen molar-refractivity contribution in [3.05, 3.63) is 72.6 Å². The zero-order valence-corrected chi connectivity index (χ0v) is 16.8. The zero-order chi connectivity index (χ0) is 20.2. The van der Waals surface area contributed by atoms with Crippen LogP contribution in [0.1, 0.15) is 24.8 Å². The fourth-order valence-corrected chi connectivity index (χ4v) is 3.95. The van der Waals surface area contributed by atoms with E-state index in [-0.39, 0.29) is 0 Å². The molecular formula is C24H24N6. The number of aromatic amines is 1. The van der Waals surface area contributed by atoms with Crippen molar-refractivity contribution in [1.29, 1.82) is 0 Å². The van der Waals surface area contributed by atoms with Crippen LogP contribution in [0.4, 0.5) is 0 Å². The lowest BCUT2D eigenvalue weighted by atomic mass is 10.0. The maximum atomic E-state index is 4.83. The Kier molecular flexibility index (Phi) is 5.31. The molecule has 6 heteroatoms. The molecule has 2 aromatic heterocycles. The van der Waals surface area contributed by atoms with Gasteiger partial charge in [0.2, 0.25) is 5.82 Å². The van der Waals surface area contributed by atoms with E-state index in [1.54, 1.807) is 12.4 Å². The highest BCUT2D eigenvalue weighted by molar-refractivity contribution is 5.78. The maximum absolute atomic E-state index is 4.83. The lowest BCUT2D eigenvalue weighted by molar-refractivity contribution is 0.221. The van der Waals surface area contributed by atoms with Crippen molar-refractivity contribution in [3.63, 3.8) is 0 Å². The van der Waals surface area contributed by atoms with Crippen LogP contribution in [0.15, 0.2) is 67.0 Å². The van der Waals surface area contributed by atoms with Crippen molar-refractivity contribution in [2.75, 3.05) is 13.1 Å². The highest BCUT2D eigenvalue weighted by Crippen LogP contribution is 2.30. The van der Waals surface area contributed by atoms with Crippen LogP contribution < -0.4 is 0 Å². The Balaban J connectivity index is 1.50. The van der Waals surface area contributed by atoms with Crippen LogP contribution in [0.2, 0.25) is 0 Å². The number of aromatic nitrogens is 5. The van der Waals surface area contributed by atoms with Crippen LogP contribution in [0.3, 0.4) is 0 Å². The van der Waals surface area contributed by atoms with Gasteiger partial charge >= 0.3 is 0 Å². The molecule has 30 heavy (non-hydrogen) atoms. The minimum Gasteiger partial charge on any atom is -0.342 e. The summed E-state index contributed by atoms with van der Waals surface area (Å²) >= 11 is 0. The number of imidazole rings is 1. The number of hydrogen-bond donors (Lipinski definition) is 1. The zero-order valence-electron chi connectivity index (χ0n) is 16.8. The summed E-state index contributed by atoms with van der Waals surface area (Å²) in [6.45, 7) is 3.40. The molecule has 1 N–H and O–H groups in total. The topological polar surface area (TPSA) is 70.6 Å². The molecule has 0 bridgehead atoms. The third-order valence-electron chi connectivity index (χ3n) is 5.53. The molecule has 1 aliphatic heterocycles. The minimum absolute atomic E-state index is 0.493. The van der Waals surface area contributed by atoms with Gasteiger partial charge in [-0.3, -0.25) is 4.90 Å². The van der Waals surface area contributed by atoms with Gasteiger partial charge in [0.05, 0.1) is 0 Å². The van der Waals surface area contributed by atoms with E-state index in [1.165, 1.54) is 37.9 Å². The first-order valence-electron chi connectivity index (χ1n) is 10.5. The predicted molar refractivity (Wildman–Crippen MR) is 117 cm³/mol. The van der Waals surface area contributed by atoms with Crippen molar-refractivity contribution in [2.24, 2.45) is 0 Å². The SMILES string of the molecule is c1ccc(-c2nnc(-c3ncc[nH]3)nc2-c2ccc(CN3CCCCC3)cc2)cc1. The van der Waals surface area contributed by atoms with Crippen LogP contribution in [0, 0.1) is 0 Å². The first-order chi connectivity index (χ1) is 14.9. The standard InChI is InChI=1S/C24H24N6/c1-3-7-19(8-4-1)22-21(27-24(29-28-22)23-25-13-14-26-23)20-11-9-18(10-12-20)17-30-15-5-2-6-16-30/h1,3-4,7-14H,2,5-6,15-17H2,(H,25,26). The number of likely N-dealkylation sites (tertiary alicyclic amines) is 1. The van der Waals surface area contributed by atoms with Crippen molar-refractivity contribution < 1.29 is 0 Å². The third kappa shape index (κ3) is 4.00.